The lowest BCUT2D eigenvalue weighted by Gasteiger charge is -2.30. The molecule has 2 amide bonds. The number of nitrogens with zero attached hydrogens (tertiary/aromatic N) is 1. The highest BCUT2D eigenvalue weighted by Crippen LogP contribution is 2.45. The number of likely N-dealkylation sites (tertiary alicyclic amines) is 1. The summed E-state index contributed by atoms with van der Waals surface area (Å²) in [4.78, 5) is 36.9. The van der Waals surface area contributed by atoms with Gasteiger partial charge in [0, 0.05) is 17.5 Å². The summed E-state index contributed by atoms with van der Waals surface area (Å²) in [6.07, 6.45) is 0.838. The monoisotopic (exact) mass is 476 g/mol. The Hall–Kier alpha value is -1.92. The number of unbranched alkanes of at least 4 members (excludes halogenated alkanes) is 1. The van der Waals surface area contributed by atoms with Crippen LogP contribution < -0.4 is 0 Å². The molecule has 0 radical (unpaired) electrons. The minimum atomic E-state index is -3.75. The standard InChI is InChI=1S/C24H30NO5PS/c1-19-16-22(32-21-13-6-3-7-14-21)17-25(19,24(27)28)23(26)18-31(29,30)15-9-8-12-20-10-4-2-5-11-20/h2-7,10-11,13-14,19,22H,8-9,12,15-18H2,1H3,(H-,27,28,29,30)/p+1/t19-,22-,25-/m1/s1. The number of hydrogen-bond acceptors (Lipinski definition) is 4. The van der Waals surface area contributed by atoms with E-state index in [0.717, 1.165) is 17.7 Å². The molecule has 8 heteroatoms. The molecule has 2 aromatic carbocycles. The van der Waals surface area contributed by atoms with Gasteiger partial charge in [-0.3, -0.25) is 4.57 Å². The molecule has 1 fully saturated rings. The molecule has 1 saturated heterocycles. The van der Waals surface area contributed by atoms with Gasteiger partial charge in [-0.1, -0.05) is 48.5 Å². The molecule has 1 aliphatic rings. The number of rotatable bonds is 9. The van der Waals surface area contributed by atoms with Crippen molar-refractivity contribution in [3.05, 3.63) is 66.2 Å². The number of aryl methyl sites for hydroxylation is 1. The second kappa shape index (κ2) is 10.8. The second-order valence-corrected chi connectivity index (χ2v) is 12.4. The van der Waals surface area contributed by atoms with E-state index >= 15 is 0 Å². The quantitative estimate of drug-likeness (QED) is 0.292. The Morgan fingerprint density at radius 1 is 1.06 bits per heavy atom. The van der Waals surface area contributed by atoms with E-state index in [4.69, 9.17) is 0 Å². The fourth-order valence-corrected chi connectivity index (χ4v) is 7.32. The van der Waals surface area contributed by atoms with Crippen molar-refractivity contribution < 1.29 is 28.6 Å². The van der Waals surface area contributed by atoms with Crippen LogP contribution in [0.3, 0.4) is 0 Å². The molecule has 0 aliphatic carbocycles. The molecule has 1 aliphatic heterocycles. The third-order valence-electron chi connectivity index (χ3n) is 6.13. The van der Waals surface area contributed by atoms with Crippen LogP contribution in [-0.4, -0.2) is 56.6 Å². The van der Waals surface area contributed by atoms with E-state index < -0.39 is 36.1 Å². The molecule has 0 saturated carbocycles. The van der Waals surface area contributed by atoms with Crippen molar-refractivity contribution in [2.24, 2.45) is 0 Å². The number of benzene rings is 2. The Balaban J connectivity index is 1.59. The fraction of sp³-hybridized carbons (Fsp3) is 0.417. The Morgan fingerprint density at radius 3 is 2.31 bits per heavy atom. The zero-order valence-electron chi connectivity index (χ0n) is 18.3. The summed E-state index contributed by atoms with van der Waals surface area (Å²) >= 11 is 1.56. The highest BCUT2D eigenvalue weighted by molar-refractivity contribution is 8.00. The van der Waals surface area contributed by atoms with Gasteiger partial charge in [-0.05, 0) is 43.9 Å². The van der Waals surface area contributed by atoms with Gasteiger partial charge in [0.15, 0.2) is 0 Å². The normalized spacial score (nSPS) is 24.7. The maximum absolute atomic E-state index is 13.1. The maximum Gasteiger partial charge on any atom is 0.521 e. The average molecular weight is 477 g/mol. The number of quaternary nitrogens is 1. The van der Waals surface area contributed by atoms with Crippen LogP contribution in [0.15, 0.2) is 65.6 Å². The van der Waals surface area contributed by atoms with Crippen molar-refractivity contribution in [3.63, 3.8) is 0 Å². The molecule has 6 nitrogen and oxygen atoms in total. The molecule has 1 heterocycles. The first-order valence-electron chi connectivity index (χ1n) is 10.9. The molecule has 172 valence electrons. The van der Waals surface area contributed by atoms with E-state index in [1.807, 2.05) is 60.7 Å². The summed E-state index contributed by atoms with van der Waals surface area (Å²) in [6, 6.07) is 19.1. The van der Waals surface area contributed by atoms with Crippen LogP contribution in [-0.2, 0) is 15.8 Å². The van der Waals surface area contributed by atoms with Crippen LogP contribution in [0.5, 0.6) is 0 Å². The Labute approximate surface area is 193 Å². The van der Waals surface area contributed by atoms with E-state index in [2.05, 4.69) is 0 Å². The summed E-state index contributed by atoms with van der Waals surface area (Å²) in [7, 11) is -3.75. The van der Waals surface area contributed by atoms with Crippen molar-refractivity contribution in [2.45, 2.75) is 48.8 Å². The van der Waals surface area contributed by atoms with E-state index in [0.29, 0.717) is 12.8 Å². The van der Waals surface area contributed by atoms with Gasteiger partial charge >= 0.3 is 12.0 Å². The zero-order chi connectivity index (χ0) is 23.2. The number of carboxylic acid groups (broad SMARTS) is 1. The molecule has 2 aromatic rings. The van der Waals surface area contributed by atoms with Crippen molar-refractivity contribution in [2.75, 3.05) is 18.9 Å². The first-order valence-corrected chi connectivity index (χ1v) is 13.8. The van der Waals surface area contributed by atoms with Crippen molar-refractivity contribution >= 4 is 31.1 Å². The molecular weight excluding hydrogens is 445 g/mol. The van der Waals surface area contributed by atoms with Crippen LogP contribution in [0, 0.1) is 0 Å². The van der Waals surface area contributed by atoms with Gasteiger partial charge in [0.25, 0.3) is 0 Å². The van der Waals surface area contributed by atoms with Gasteiger partial charge in [0.05, 0.1) is 5.25 Å². The lowest BCUT2D eigenvalue weighted by Crippen LogP contribution is -2.60. The highest BCUT2D eigenvalue weighted by atomic mass is 32.2. The molecule has 0 aromatic heterocycles. The van der Waals surface area contributed by atoms with E-state index in [9.17, 15) is 24.2 Å². The van der Waals surface area contributed by atoms with Crippen LogP contribution in [0.2, 0.25) is 0 Å². The number of carbonyl (C=O) groups is 2. The Morgan fingerprint density at radius 2 is 1.69 bits per heavy atom. The van der Waals surface area contributed by atoms with Gasteiger partial charge in [0.1, 0.15) is 18.7 Å². The molecule has 0 bridgehead atoms. The van der Waals surface area contributed by atoms with Gasteiger partial charge in [0.2, 0.25) is 7.37 Å². The average Bonchev–Trinajstić information content (AvgIpc) is 3.09. The van der Waals surface area contributed by atoms with E-state index in [1.54, 1.807) is 18.7 Å². The number of hydrogen-bond donors (Lipinski definition) is 2. The summed E-state index contributed by atoms with van der Waals surface area (Å²) in [5.74, 6) is -0.657. The minimum absolute atomic E-state index is 0.0295. The number of amides is 2. The van der Waals surface area contributed by atoms with Crippen LogP contribution >= 0.6 is 19.1 Å². The fourth-order valence-electron chi connectivity index (χ4n) is 4.38. The number of thioether (sulfide) groups is 1. The van der Waals surface area contributed by atoms with Crippen molar-refractivity contribution in [3.8, 4) is 0 Å². The van der Waals surface area contributed by atoms with E-state index in [-0.39, 0.29) is 18.0 Å². The van der Waals surface area contributed by atoms with E-state index in [1.165, 1.54) is 5.56 Å². The molecule has 0 spiro atoms. The minimum Gasteiger partial charge on any atom is -0.435 e. The molecule has 3 rings (SSSR count). The van der Waals surface area contributed by atoms with Gasteiger partial charge in [-0.25, -0.2) is 4.79 Å². The molecule has 4 atom stereocenters. The highest BCUT2D eigenvalue weighted by Gasteiger charge is 2.57. The predicted octanol–water partition coefficient (Wildman–Crippen LogP) is 5.25. The number of imide groups is 1. The molecular formula is C24H31NO5PS+. The van der Waals surface area contributed by atoms with Gasteiger partial charge in [-0.2, -0.15) is 9.28 Å². The Bertz CT molecular complexity index is 971. The van der Waals surface area contributed by atoms with Crippen LogP contribution in [0.4, 0.5) is 4.79 Å². The van der Waals surface area contributed by atoms with Gasteiger partial charge in [-0.15, -0.1) is 11.8 Å². The topological polar surface area (TPSA) is 91.7 Å². The summed E-state index contributed by atoms with van der Waals surface area (Å²) in [5.41, 5.74) is 1.17. The molecule has 1 unspecified atom stereocenters. The third-order valence-corrected chi connectivity index (χ3v) is 9.13. The van der Waals surface area contributed by atoms with Crippen molar-refractivity contribution in [1.82, 2.24) is 0 Å². The smallest absolute Gasteiger partial charge is 0.435 e. The molecule has 32 heavy (non-hydrogen) atoms. The lowest BCUT2D eigenvalue weighted by atomic mass is 10.1. The maximum atomic E-state index is 13.1. The van der Waals surface area contributed by atoms with Gasteiger partial charge < -0.3 is 10.00 Å². The SMILES string of the molecule is C[C@@H]1C[C@@H](Sc2ccccc2)C[N@+]1(C(=O)O)C(=O)CP(=O)(O)CCCCc1ccccc1. The Kier molecular flexibility index (Phi) is 8.34. The van der Waals surface area contributed by atoms with Crippen molar-refractivity contribution in [1.29, 1.82) is 0 Å². The summed E-state index contributed by atoms with van der Waals surface area (Å²) in [5, 5.41) is 9.95. The zero-order valence-corrected chi connectivity index (χ0v) is 20.0. The molecule has 2 N–H and O–H groups in total. The second-order valence-electron chi connectivity index (χ2n) is 8.54. The first-order chi connectivity index (χ1) is 15.2. The largest absolute Gasteiger partial charge is 0.521 e. The number of carbonyl (C=O) groups excluding carboxylic acids is 1. The first kappa shape index (κ1) is 24.7. The summed E-state index contributed by atoms with van der Waals surface area (Å²) < 4.78 is 12.0. The van der Waals surface area contributed by atoms with Crippen LogP contribution in [0.1, 0.15) is 31.7 Å². The summed E-state index contributed by atoms with van der Waals surface area (Å²) in [6.45, 7) is 1.88. The lowest BCUT2D eigenvalue weighted by molar-refractivity contribution is -0.790. The predicted molar refractivity (Wildman–Crippen MR) is 127 cm³/mol. The van der Waals surface area contributed by atoms with Crippen LogP contribution in [0.25, 0.3) is 0 Å². The third kappa shape index (κ3) is 6.10.